The van der Waals surface area contributed by atoms with Gasteiger partial charge in [-0.3, -0.25) is 4.79 Å². The Hall–Kier alpha value is -3.61. The Morgan fingerprint density at radius 2 is 2.03 bits per heavy atom. The molecule has 2 aromatic rings. The number of halogens is 3. The van der Waals surface area contributed by atoms with Crippen molar-refractivity contribution in [1.82, 2.24) is 15.3 Å². The lowest BCUT2D eigenvalue weighted by Gasteiger charge is -2.36. The second kappa shape index (κ2) is 8.73. The van der Waals surface area contributed by atoms with Gasteiger partial charge >= 0.3 is 12.2 Å². The minimum Gasteiger partial charge on any atom is -0.494 e. The van der Waals surface area contributed by atoms with Crippen LogP contribution in [0.4, 0.5) is 13.2 Å². The molecule has 7 nitrogen and oxygen atoms in total. The summed E-state index contributed by atoms with van der Waals surface area (Å²) in [5.74, 6) is 0.0297. The van der Waals surface area contributed by atoms with Crippen molar-refractivity contribution in [2.75, 3.05) is 13.7 Å². The fourth-order valence-electron chi connectivity index (χ4n) is 4.39. The summed E-state index contributed by atoms with van der Waals surface area (Å²) in [5.41, 5.74) is 2.31. The number of methoxy groups -OCH3 is 1. The van der Waals surface area contributed by atoms with Gasteiger partial charge in [-0.2, -0.15) is 18.4 Å². The van der Waals surface area contributed by atoms with Gasteiger partial charge in [-0.05, 0) is 48.1 Å². The average molecular weight is 458 g/mol. The van der Waals surface area contributed by atoms with E-state index in [1.165, 1.54) is 19.5 Å². The predicted molar refractivity (Wildman–Crippen MR) is 111 cm³/mol. The maximum atomic E-state index is 12.9. The summed E-state index contributed by atoms with van der Waals surface area (Å²) < 4.78 is 47.4. The molecule has 1 spiro atoms. The second-order valence-electron chi connectivity index (χ2n) is 8.02. The van der Waals surface area contributed by atoms with Crippen molar-refractivity contribution >= 4 is 11.5 Å². The molecule has 1 aromatic heterocycles. The number of nitrogens with zero attached hydrogens (tertiary/aromatic N) is 3. The number of hydrogen-bond acceptors (Lipinski definition) is 6. The minimum atomic E-state index is -4.20. The Morgan fingerprint density at radius 1 is 1.27 bits per heavy atom. The molecule has 0 bridgehead atoms. The smallest absolute Gasteiger partial charge is 0.389 e. The van der Waals surface area contributed by atoms with Crippen LogP contribution in [0.2, 0.25) is 0 Å². The van der Waals surface area contributed by atoms with Crippen LogP contribution >= 0.6 is 0 Å². The molecule has 1 aromatic carbocycles. The first-order chi connectivity index (χ1) is 15.7. The first-order valence-corrected chi connectivity index (χ1v) is 10.4. The molecule has 0 fully saturated rings. The number of benzene rings is 1. The molecule has 1 amide bonds. The highest BCUT2D eigenvalue weighted by molar-refractivity contribution is 6.07. The standard InChI is InChI=1S/C23H21F3N4O3/c1-32-21-28-12-15(13-29-21)17-10-22(30-20(31)18(17)11-27)7-5-14-9-16(3-4-19(14)22)33-8-2-6-23(24,25)26/h3-4,9,12-13H,2,5-8,10H2,1H3,(H,30,31). The molecule has 1 aliphatic carbocycles. The van der Waals surface area contributed by atoms with Crippen molar-refractivity contribution in [2.45, 2.75) is 43.8 Å². The van der Waals surface area contributed by atoms with E-state index in [-0.39, 0.29) is 24.6 Å². The van der Waals surface area contributed by atoms with Gasteiger partial charge in [0.2, 0.25) is 0 Å². The zero-order valence-corrected chi connectivity index (χ0v) is 17.8. The Morgan fingerprint density at radius 3 is 2.70 bits per heavy atom. The van der Waals surface area contributed by atoms with Gasteiger partial charge < -0.3 is 14.8 Å². The van der Waals surface area contributed by atoms with E-state index in [1.54, 1.807) is 6.07 Å². The zero-order chi connectivity index (χ0) is 23.6. The lowest BCUT2D eigenvalue weighted by molar-refractivity contribution is -0.136. The van der Waals surface area contributed by atoms with E-state index < -0.39 is 24.0 Å². The normalized spacial score (nSPS) is 19.8. The summed E-state index contributed by atoms with van der Waals surface area (Å²) in [5, 5.41) is 12.6. The molecule has 1 aliphatic heterocycles. The fourth-order valence-corrected chi connectivity index (χ4v) is 4.39. The number of carbonyl (C=O) groups is 1. The number of nitrogens with one attached hydrogen (secondary N) is 1. The van der Waals surface area contributed by atoms with Crippen LogP contribution in [0.15, 0.2) is 36.2 Å². The van der Waals surface area contributed by atoms with Crippen LogP contribution in [-0.4, -0.2) is 35.8 Å². The van der Waals surface area contributed by atoms with Crippen molar-refractivity contribution in [3.63, 3.8) is 0 Å². The van der Waals surface area contributed by atoms with Crippen LogP contribution < -0.4 is 14.8 Å². The third-order valence-electron chi connectivity index (χ3n) is 5.92. The minimum absolute atomic E-state index is 0.0208. The summed E-state index contributed by atoms with van der Waals surface area (Å²) in [6.45, 7) is -0.0317. The summed E-state index contributed by atoms with van der Waals surface area (Å²) in [4.78, 5) is 21.0. The lowest BCUT2D eigenvalue weighted by atomic mass is 9.78. The lowest BCUT2D eigenvalue weighted by Crippen LogP contribution is -2.48. The molecule has 0 saturated carbocycles. The predicted octanol–water partition coefficient (Wildman–Crippen LogP) is 3.85. The molecule has 2 heterocycles. The van der Waals surface area contributed by atoms with Gasteiger partial charge in [0.05, 0.1) is 19.3 Å². The number of rotatable bonds is 6. The van der Waals surface area contributed by atoms with Gasteiger partial charge in [-0.15, -0.1) is 0 Å². The molecule has 4 rings (SSSR count). The van der Waals surface area contributed by atoms with Gasteiger partial charge in [0.15, 0.2) is 0 Å². The van der Waals surface area contributed by atoms with Gasteiger partial charge in [-0.1, -0.05) is 6.07 Å². The van der Waals surface area contributed by atoms with Crippen LogP contribution in [0.1, 0.15) is 42.4 Å². The topological polar surface area (TPSA) is 97.1 Å². The second-order valence-corrected chi connectivity index (χ2v) is 8.02. The van der Waals surface area contributed by atoms with Crippen LogP contribution in [0.3, 0.4) is 0 Å². The molecule has 10 heteroatoms. The van der Waals surface area contributed by atoms with Crippen molar-refractivity contribution in [3.05, 3.63) is 52.9 Å². The van der Waals surface area contributed by atoms with E-state index in [4.69, 9.17) is 9.47 Å². The molecule has 1 atom stereocenters. The number of carbonyl (C=O) groups excluding carboxylic acids is 1. The van der Waals surface area contributed by atoms with E-state index in [0.717, 1.165) is 11.1 Å². The van der Waals surface area contributed by atoms with Crippen molar-refractivity contribution in [2.24, 2.45) is 0 Å². The Bertz CT molecular complexity index is 1140. The highest BCUT2D eigenvalue weighted by Gasteiger charge is 2.45. The number of nitriles is 1. The maximum Gasteiger partial charge on any atom is 0.389 e. The van der Waals surface area contributed by atoms with E-state index in [1.807, 2.05) is 18.2 Å². The SMILES string of the molecule is COc1ncc(C2=C(C#N)C(=O)NC3(CCc4cc(OCCCC(F)(F)F)ccc43)C2)cn1. The van der Waals surface area contributed by atoms with Gasteiger partial charge in [-0.25, -0.2) is 9.97 Å². The molecule has 1 unspecified atom stereocenters. The molecule has 33 heavy (non-hydrogen) atoms. The van der Waals surface area contributed by atoms with E-state index in [9.17, 15) is 23.2 Å². The van der Waals surface area contributed by atoms with Gasteiger partial charge in [0.1, 0.15) is 17.4 Å². The fraction of sp³-hybridized carbons (Fsp3) is 0.391. The average Bonchev–Trinajstić information content (AvgIpc) is 3.12. The molecule has 0 saturated heterocycles. The Kier molecular flexibility index (Phi) is 5.97. The quantitative estimate of drug-likeness (QED) is 0.661. The van der Waals surface area contributed by atoms with Crippen LogP contribution in [0, 0.1) is 11.3 Å². The van der Waals surface area contributed by atoms with E-state index in [2.05, 4.69) is 15.3 Å². The van der Waals surface area contributed by atoms with Crippen LogP contribution in [-0.2, 0) is 16.8 Å². The van der Waals surface area contributed by atoms with Crippen LogP contribution in [0.25, 0.3) is 5.57 Å². The van der Waals surface area contributed by atoms with Crippen molar-refractivity contribution in [3.8, 4) is 17.8 Å². The Balaban J connectivity index is 1.57. The molecular weight excluding hydrogens is 437 g/mol. The summed E-state index contributed by atoms with van der Waals surface area (Å²) >= 11 is 0. The number of ether oxygens (including phenoxy) is 2. The molecule has 2 aliphatic rings. The maximum absolute atomic E-state index is 12.9. The first-order valence-electron chi connectivity index (χ1n) is 10.4. The monoisotopic (exact) mass is 458 g/mol. The number of amides is 1. The van der Waals surface area contributed by atoms with Crippen molar-refractivity contribution < 1.29 is 27.4 Å². The molecular formula is C23H21F3N4O3. The van der Waals surface area contributed by atoms with Crippen LogP contribution in [0.5, 0.6) is 11.8 Å². The zero-order valence-electron chi connectivity index (χ0n) is 17.8. The number of aromatic nitrogens is 2. The molecule has 172 valence electrons. The summed E-state index contributed by atoms with van der Waals surface area (Å²) in [6, 6.07) is 7.52. The van der Waals surface area contributed by atoms with Gasteiger partial charge in [0.25, 0.3) is 5.91 Å². The first kappa shape index (κ1) is 22.6. The largest absolute Gasteiger partial charge is 0.494 e. The number of fused-ring (bicyclic) bond motifs is 2. The number of aryl methyl sites for hydroxylation is 1. The highest BCUT2D eigenvalue weighted by Crippen LogP contribution is 2.47. The third-order valence-corrected chi connectivity index (χ3v) is 5.92. The highest BCUT2D eigenvalue weighted by atomic mass is 19.4. The van der Waals surface area contributed by atoms with Gasteiger partial charge in [0, 0.05) is 30.8 Å². The number of hydrogen-bond donors (Lipinski definition) is 1. The third kappa shape index (κ3) is 4.62. The Labute approximate surface area is 188 Å². The van der Waals surface area contributed by atoms with E-state index >= 15 is 0 Å². The van der Waals surface area contributed by atoms with Crippen molar-refractivity contribution in [1.29, 1.82) is 5.26 Å². The van der Waals surface area contributed by atoms with E-state index in [0.29, 0.717) is 36.1 Å². The molecule has 1 N–H and O–H groups in total. The molecule has 0 radical (unpaired) electrons. The summed E-state index contributed by atoms with van der Waals surface area (Å²) in [6.07, 6.45) is -0.495. The summed E-state index contributed by atoms with van der Waals surface area (Å²) in [7, 11) is 1.45. The number of alkyl halides is 3.